The first-order chi connectivity index (χ1) is 9.90. The number of ether oxygens (including phenoxy) is 3. The van der Waals surface area contributed by atoms with Gasteiger partial charge in [-0.15, -0.1) is 0 Å². The molecule has 2 N–H and O–H groups in total. The number of nitrogens with two attached hydrogens (primary N) is 1. The first kappa shape index (κ1) is 16.4. The summed E-state index contributed by atoms with van der Waals surface area (Å²) in [6.45, 7) is 6.33. The maximum atomic E-state index is 6.50. The van der Waals surface area contributed by atoms with Crippen LogP contribution in [0.3, 0.4) is 0 Å². The van der Waals surface area contributed by atoms with Gasteiger partial charge in [-0.2, -0.15) is 0 Å². The molecule has 1 aromatic carbocycles. The fourth-order valence-corrected chi connectivity index (χ4v) is 3.53. The Morgan fingerprint density at radius 3 is 2.14 bits per heavy atom. The molecule has 2 rings (SSSR count). The van der Waals surface area contributed by atoms with Crippen molar-refractivity contribution in [2.75, 3.05) is 14.2 Å². The van der Waals surface area contributed by atoms with Gasteiger partial charge in [-0.05, 0) is 31.4 Å². The first-order valence-corrected chi connectivity index (χ1v) is 7.61. The molecule has 21 heavy (non-hydrogen) atoms. The zero-order chi connectivity index (χ0) is 15.7. The number of hydrogen-bond donors (Lipinski definition) is 1. The standard InChI is InChI=1S/C16H24ClNO3/c1-8-9(2)21-10(3)15(8)16(18)11-6-13(19-4)14(20-5)7-12(11)17/h6-10,15-16H,18H2,1-5H3. The molecule has 0 bridgehead atoms. The molecule has 1 aromatic rings. The lowest BCUT2D eigenvalue weighted by atomic mass is 9.81. The number of hydrogen-bond acceptors (Lipinski definition) is 4. The van der Waals surface area contributed by atoms with Crippen LogP contribution in [0.2, 0.25) is 5.02 Å². The Balaban J connectivity index is 2.37. The van der Waals surface area contributed by atoms with Crippen LogP contribution >= 0.6 is 11.6 Å². The second-order valence-corrected chi connectivity index (χ2v) is 6.14. The fraction of sp³-hybridized carbons (Fsp3) is 0.625. The molecule has 5 heteroatoms. The smallest absolute Gasteiger partial charge is 0.162 e. The summed E-state index contributed by atoms with van der Waals surface area (Å²) >= 11 is 6.39. The van der Waals surface area contributed by atoms with Crippen molar-refractivity contribution in [1.82, 2.24) is 0 Å². The van der Waals surface area contributed by atoms with Gasteiger partial charge in [-0.3, -0.25) is 0 Å². The molecule has 0 radical (unpaired) electrons. The Kier molecular flexibility index (Phi) is 5.02. The summed E-state index contributed by atoms with van der Waals surface area (Å²) < 4.78 is 16.5. The lowest BCUT2D eigenvalue weighted by Crippen LogP contribution is -2.31. The molecule has 1 fully saturated rings. The predicted octanol–water partition coefficient (Wildman–Crippen LogP) is 3.42. The summed E-state index contributed by atoms with van der Waals surface area (Å²) in [5, 5.41) is 0.596. The van der Waals surface area contributed by atoms with E-state index in [0.717, 1.165) is 5.56 Å². The molecule has 118 valence electrons. The van der Waals surface area contributed by atoms with Gasteiger partial charge in [0, 0.05) is 23.0 Å². The second-order valence-electron chi connectivity index (χ2n) is 5.74. The summed E-state index contributed by atoms with van der Waals surface area (Å²) in [6.07, 6.45) is 0.309. The number of methoxy groups -OCH3 is 2. The van der Waals surface area contributed by atoms with Crippen LogP contribution < -0.4 is 15.2 Å². The number of rotatable bonds is 4. The second kappa shape index (κ2) is 6.42. The monoisotopic (exact) mass is 313 g/mol. The van der Waals surface area contributed by atoms with Crippen molar-refractivity contribution >= 4 is 11.6 Å². The lowest BCUT2D eigenvalue weighted by Gasteiger charge is -2.27. The Labute approximate surface area is 131 Å². The third kappa shape index (κ3) is 2.98. The van der Waals surface area contributed by atoms with Gasteiger partial charge in [-0.25, -0.2) is 0 Å². The molecule has 5 unspecified atom stereocenters. The van der Waals surface area contributed by atoms with Gasteiger partial charge < -0.3 is 19.9 Å². The molecule has 0 aromatic heterocycles. The molecule has 1 heterocycles. The van der Waals surface area contributed by atoms with Gasteiger partial charge >= 0.3 is 0 Å². The molecule has 5 atom stereocenters. The Bertz CT molecular complexity index is 509. The van der Waals surface area contributed by atoms with E-state index in [9.17, 15) is 0 Å². The fourth-order valence-electron chi connectivity index (χ4n) is 3.25. The maximum Gasteiger partial charge on any atom is 0.162 e. The van der Waals surface area contributed by atoms with Crippen molar-refractivity contribution in [1.29, 1.82) is 0 Å². The van der Waals surface area contributed by atoms with E-state index in [1.54, 1.807) is 20.3 Å². The Hall–Kier alpha value is -0.970. The van der Waals surface area contributed by atoms with Crippen LogP contribution in [-0.4, -0.2) is 26.4 Å². The maximum absolute atomic E-state index is 6.50. The van der Waals surface area contributed by atoms with Crippen molar-refractivity contribution in [3.05, 3.63) is 22.7 Å². The topological polar surface area (TPSA) is 53.7 Å². The van der Waals surface area contributed by atoms with Gasteiger partial charge in [0.1, 0.15) is 0 Å². The van der Waals surface area contributed by atoms with Crippen LogP contribution in [0.5, 0.6) is 11.5 Å². The molecule has 4 nitrogen and oxygen atoms in total. The normalized spacial score (nSPS) is 30.2. The molecule has 1 aliphatic heterocycles. The molecule has 1 saturated heterocycles. The van der Waals surface area contributed by atoms with Crippen molar-refractivity contribution in [3.8, 4) is 11.5 Å². The number of benzene rings is 1. The van der Waals surface area contributed by atoms with E-state index >= 15 is 0 Å². The Morgan fingerprint density at radius 2 is 1.67 bits per heavy atom. The molecular formula is C16H24ClNO3. The minimum Gasteiger partial charge on any atom is -0.493 e. The van der Waals surface area contributed by atoms with Crippen molar-refractivity contribution in [3.63, 3.8) is 0 Å². The minimum atomic E-state index is -0.202. The average molecular weight is 314 g/mol. The van der Waals surface area contributed by atoms with Gasteiger partial charge in [0.05, 0.1) is 26.4 Å². The molecule has 0 amide bonds. The van der Waals surface area contributed by atoms with E-state index in [4.69, 9.17) is 31.5 Å². The number of halogens is 1. The molecule has 0 saturated carbocycles. The van der Waals surface area contributed by atoms with E-state index in [1.165, 1.54) is 0 Å². The first-order valence-electron chi connectivity index (χ1n) is 7.23. The highest BCUT2D eigenvalue weighted by atomic mass is 35.5. The van der Waals surface area contributed by atoms with Gasteiger partial charge in [0.2, 0.25) is 0 Å². The predicted molar refractivity (Wildman–Crippen MR) is 84.1 cm³/mol. The van der Waals surface area contributed by atoms with Crippen LogP contribution in [0, 0.1) is 11.8 Å². The van der Waals surface area contributed by atoms with Crippen LogP contribution in [0.25, 0.3) is 0 Å². The zero-order valence-corrected chi connectivity index (χ0v) is 14.0. The van der Waals surface area contributed by atoms with Crippen LogP contribution in [0.1, 0.15) is 32.4 Å². The molecule has 0 spiro atoms. The van der Waals surface area contributed by atoms with E-state index in [1.807, 2.05) is 6.07 Å². The third-order valence-corrected chi connectivity index (χ3v) is 4.92. The van der Waals surface area contributed by atoms with E-state index in [0.29, 0.717) is 22.4 Å². The van der Waals surface area contributed by atoms with Crippen molar-refractivity contribution in [2.45, 2.75) is 39.0 Å². The van der Waals surface area contributed by atoms with Gasteiger partial charge in [0.25, 0.3) is 0 Å². The quantitative estimate of drug-likeness (QED) is 0.925. The largest absolute Gasteiger partial charge is 0.493 e. The summed E-state index contributed by atoms with van der Waals surface area (Å²) in [5.41, 5.74) is 7.37. The van der Waals surface area contributed by atoms with E-state index < -0.39 is 0 Å². The van der Waals surface area contributed by atoms with Crippen LogP contribution in [0.4, 0.5) is 0 Å². The highest BCUT2D eigenvalue weighted by molar-refractivity contribution is 6.31. The van der Waals surface area contributed by atoms with E-state index in [2.05, 4.69) is 20.8 Å². The highest BCUT2D eigenvalue weighted by Crippen LogP contribution is 2.43. The third-order valence-electron chi connectivity index (χ3n) is 4.60. The Morgan fingerprint density at radius 1 is 1.10 bits per heavy atom. The van der Waals surface area contributed by atoms with E-state index in [-0.39, 0.29) is 24.2 Å². The molecular weight excluding hydrogens is 290 g/mol. The minimum absolute atomic E-state index is 0.106. The molecule has 0 aliphatic carbocycles. The van der Waals surface area contributed by atoms with Crippen LogP contribution in [-0.2, 0) is 4.74 Å². The van der Waals surface area contributed by atoms with Crippen molar-refractivity contribution in [2.24, 2.45) is 17.6 Å². The summed E-state index contributed by atoms with van der Waals surface area (Å²) in [7, 11) is 3.19. The summed E-state index contributed by atoms with van der Waals surface area (Å²) in [4.78, 5) is 0. The van der Waals surface area contributed by atoms with Crippen LogP contribution in [0.15, 0.2) is 12.1 Å². The summed E-state index contributed by atoms with van der Waals surface area (Å²) in [6, 6.07) is 3.42. The zero-order valence-electron chi connectivity index (χ0n) is 13.2. The SMILES string of the molecule is COc1cc(Cl)c(C(N)C2C(C)OC(C)C2C)cc1OC. The average Bonchev–Trinajstić information content (AvgIpc) is 2.71. The van der Waals surface area contributed by atoms with Crippen molar-refractivity contribution < 1.29 is 14.2 Å². The molecule has 1 aliphatic rings. The van der Waals surface area contributed by atoms with Gasteiger partial charge in [0.15, 0.2) is 11.5 Å². The highest BCUT2D eigenvalue weighted by Gasteiger charge is 2.41. The van der Waals surface area contributed by atoms with Gasteiger partial charge in [-0.1, -0.05) is 18.5 Å². The lowest BCUT2D eigenvalue weighted by molar-refractivity contribution is 0.0489. The summed E-state index contributed by atoms with van der Waals surface area (Å²) in [5.74, 6) is 1.84.